The Morgan fingerprint density at radius 3 is 3.00 bits per heavy atom. The summed E-state index contributed by atoms with van der Waals surface area (Å²) in [6.07, 6.45) is 8.27. The average molecular weight is 420 g/mol. The number of carbonyl (C=O) groups is 1. The maximum atomic E-state index is 13.4. The maximum Gasteiger partial charge on any atom is 0.259 e. The van der Waals surface area contributed by atoms with E-state index in [-0.39, 0.29) is 5.91 Å². The van der Waals surface area contributed by atoms with Gasteiger partial charge in [0.25, 0.3) is 5.91 Å². The highest BCUT2D eigenvalue weighted by atomic mass is 32.1. The van der Waals surface area contributed by atoms with Gasteiger partial charge in [0.2, 0.25) is 0 Å². The molecule has 4 rings (SSSR count). The van der Waals surface area contributed by atoms with Crippen LogP contribution in [0.3, 0.4) is 0 Å². The molecule has 0 saturated carbocycles. The standard InChI is InChI=1S/C24H25N3O2S/c1-3-29-20-9-5-4-8-19(20)27-23(28)22-18-11-10-16(2)13-21(18)30-24(22)26-15-17-7-6-12-25-14-17/h4-9,12,14-16H,3,10-11,13H2,1-2H3,(H,27,28)/b26-15+. The quantitative estimate of drug-likeness (QED) is 0.524. The summed E-state index contributed by atoms with van der Waals surface area (Å²) in [6, 6.07) is 11.3. The van der Waals surface area contributed by atoms with Gasteiger partial charge in [-0.2, -0.15) is 0 Å². The van der Waals surface area contributed by atoms with Crippen LogP contribution in [0.15, 0.2) is 53.8 Å². The molecule has 1 atom stereocenters. The molecule has 6 heteroatoms. The van der Waals surface area contributed by atoms with Gasteiger partial charge in [0.05, 0.1) is 17.9 Å². The van der Waals surface area contributed by atoms with Crippen molar-refractivity contribution in [2.75, 3.05) is 11.9 Å². The van der Waals surface area contributed by atoms with Crippen molar-refractivity contribution >= 4 is 34.1 Å². The predicted octanol–water partition coefficient (Wildman–Crippen LogP) is 5.67. The molecule has 2 aromatic heterocycles. The van der Waals surface area contributed by atoms with Gasteiger partial charge in [0.1, 0.15) is 10.8 Å². The number of anilines is 1. The van der Waals surface area contributed by atoms with Gasteiger partial charge in [-0.1, -0.05) is 25.1 Å². The van der Waals surface area contributed by atoms with E-state index in [4.69, 9.17) is 4.74 Å². The third-order valence-corrected chi connectivity index (χ3v) is 6.33. The van der Waals surface area contributed by atoms with Crippen molar-refractivity contribution in [2.24, 2.45) is 10.9 Å². The molecule has 1 N–H and O–H groups in total. The van der Waals surface area contributed by atoms with Crippen LogP contribution in [-0.2, 0) is 12.8 Å². The molecule has 1 aromatic carbocycles. The maximum absolute atomic E-state index is 13.4. The van der Waals surface area contributed by atoms with Gasteiger partial charge in [-0.05, 0) is 55.9 Å². The van der Waals surface area contributed by atoms with Crippen LogP contribution in [0.25, 0.3) is 0 Å². The Balaban J connectivity index is 1.69. The Morgan fingerprint density at radius 1 is 1.33 bits per heavy atom. The van der Waals surface area contributed by atoms with Crippen LogP contribution in [-0.4, -0.2) is 23.7 Å². The van der Waals surface area contributed by atoms with Crippen LogP contribution in [0.1, 0.15) is 46.6 Å². The number of rotatable bonds is 6. The fraction of sp³-hybridized carbons (Fsp3) is 0.292. The Bertz CT molecular complexity index is 1060. The summed E-state index contributed by atoms with van der Waals surface area (Å²) in [7, 11) is 0. The molecule has 5 nitrogen and oxygen atoms in total. The van der Waals surface area contributed by atoms with E-state index in [1.165, 1.54) is 4.88 Å². The zero-order chi connectivity index (χ0) is 20.9. The lowest BCUT2D eigenvalue weighted by molar-refractivity contribution is 0.102. The number of aromatic nitrogens is 1. The van der Waals surface area contributed by atoms with Crippen molar-refractivity contribution in [1.29, 1.82) is 0 Å². The molecule has 154 valence electrons. The van der Waals surface area contributed by atoms with Gasteiger partial charge in [-0.25, -0.2) is 4.99 Å². The summed E-state index contributed by atoms with van der Waals surface area (Å²) >= 11 is 1.63. The van der Waals surface area contributed by atoms with Crippen LogP contribution in [0.2, 0.25) is 0 Å². The third-order valence-electron chi connectivity index (χ3n) is 5.17. The first kappa shape index (κ1) is 20.3. The fourth-order valence-electron chi connectivity index (χ4n) is 3.68. The Morgan fingerprint density at radius 2 is 2.20 bits per heavy atom. The van der Waals surface area contributed by atoms with E-state index in [1.807, 2.05) is 43.3 Å². The minimum absolute atomic E-state index is 0.132. The van der Waals surface area contributed by atoms with Gasteiger partial charge in [0, 0.05) is 29.0 Å². The van der Waals surface area contributed by atoms with Gasteiger partial charge in [0.15, 0.2) is 0 Å². The van der Waals surface area contributed by atoms with Crippen molar-refractivity contribution < 1.29 is 9.53 Å². The van der Waals surface area contributed by atoms with Crippen LogP contribution >= 0.6 is 11.3 Å². The molecule has 2 heterocycles. The van der Waals surface area contributed by atoms with E-state index in [2.05, 4.69) is 22.2 Å². The molecular formula is C24H25N3O2S. The lowest BCUT2D eigenvalue weighted by atomic mass is 9.88. The molecular weight excluding hydrogens is 394 g/mol. The average Bonchev–Trinajstić information content (AvgIpc) is 3.12. The number of carbonyl (C=O) groups excluding carboxylic acids is 1. The smallest absolute Gasteiger partial charge is 0.259 e. The highest BCUT2D eigenvalue weighted by Crippen LogP contribution is 2.41. The monoisotopic (exact) mass is 419 g/mol. The number of amides is 1. The highest BCUT2D eigenvalue weighted by molar-refractivity contribution is 7.16. The Hall–Kier alpha value is -2.99. The van der Waals surface area contributed by atoms with E-state index >= 15 is 0 Å². The number of pyridine rings is 1. The molecule has 0 spiro atoms. The molecule has 1 unspecified atom stereocenters. The number of benzene rings is 1. The number of aliphatic imine (C=N–C) groups is 1. The Labute approximate surface area is 180 Å². The molecule has 1 amide bonds. The molecule has 0 radical (unpaired) electrons. The van der Waals surface area contributed by atoms with Gasteiger partial charge in [-0.3, -0.25) is 9.78 Å². The minimum atomic E-state index is -0.132. The fourth-order valence-corrected chi connectivity index (χ4v) is 5.03. The van der Waals surface area contributed by atoms with Gasteiger partial charge >= 0.3 is 0 Å². The first-order valence-corrected chi connectivity index (χ1v) is 11.1. The highest BCUT2D eigenvalue weighted by Gasteiger charge is 2.27. The number of nitrogens with zero attached hydrogens (tertiary/aromatic N) is 2. The van der Waals surface area contributed by atoms with Gasteiger partial charge < -0.3 is 10.1 Å². The third kappa shape index (κ3) is 4.44. The van der Waals surface area contributed by atoms with Crippen molar-refractivity contribution in [2.45, 2.75) is 33.1 Å². The zero-order valence-electron chi connectivity index (χ0n) is 17.2. The number of para-hydroxylation sites is 2. The Kier molecular flexibility index (Phi) is 6.23. The summed E-state index contributed by atoms with van der Waals surface area (Å²) in [5.74, 6) is 1.17. The summed E-state index contributed by atoms with van der Waals surface area (Å²) in [4.78, 5) is 23.5. The van der Waals surface area contributed by atoms with Crippen LogP contribution in [0, 0.1) is 5.92 Å². The molecule has 30 heavy (non-hydrogen) atoms. The lowest BCUT2D eigenvalue weighted by Gasteiger charge is -2.19. The number of nitrogens with one attached hydrogen (secondary N) is 1. The van der Waals surface area contributed by atoms with E-state index < -0.39 is 0 Å². The predicted molar refractivity (Wildman–Crippen MR) is 123 cm³/mol. The van der Waals surface area contributed by atoms with Crippen LogP contribution in [0.4, 0.5) is 10.7 Å². The summed E-state index contributed by atoms with van der Waals surface area (Å²) in [5, 5.41) is 3.81. The summed E-state index contributed by atoms with van der Waals surface area (Å²) in [6.45, 7) is 4.73. The molecule has 3 aromatic rings. The first-order chi connectivity index (χ1) is 14.7. The summed E-state index contributed by atoms with van der Waals surface area (Å²) < 4.78 is 5.67. The number of hydrogen-bond donors (Lipinski definition) is 1. The number of thiophene rings is 1. The van der Waals surface area contributed by atoms with Crippen LogP contribution < -0.4 is 10.1 Å². The normalized spacial score (nSPS) is 15.7. The lowest BCUT2D eigenvalue weighted by Crippen LogP contribution is -2.17. The van der Waals surface area contributed by atoms with Crippen molar-refractivity contribution in [3.8, 4) is 5.75 Å². The zero-order valence-corrected chi connectivity index (χ0v) is 18.0. The molecule has 0 aliphatic heterocycles. The van der Waals surface area contributed by atoms with Crippen molar-refractivity contribution in [1.82, 2.24) is 4.98 Å². The molecule has 0 saturated heterocycles. The summed E-state index contributed by atoms with van der Waals surface area (Å²) in [5.41, 5.74) is 3.41. The molecule has 0 fully saturated rings. The van der Waals surface area contributed by atoms with E-state index in [0.717, 1.165) is 35.4 Å². The van der Waals surface area contributed by atoms with Gasteiger partial charge in [-0.15, -0.1) is 11.3 Å². The number of fused-ring (bicyclic) bond motifs is 1. The number of hydrogen-bond acceptors (Lipinski definition) is 5. The van der Waals surface area contributed by atoms with Crippen molar-refractivity contribution in [3.05, 3.63) is 70.4 Å². The second kappa shape index (κ2) is 9.22. The van der Waals surface area contributed by atoms with Crippen molar-refractivity contribution in [3.63, 3.8) is 0 Å². The first-order valence-electron chi connectivity index (χ1n) is 10.3. The molecule has 0 bridgehead atoms. The largest absolute Gasteiger partial charge is 0.492 e. The van der Waals surface area contributed by atoms with E-state index in [9.17, 15) is 4.79 Å². The van der Waals surface area contributed by atoms with E-state index in [0.29, 0.717) is 29.5 Å². The second-order valence-corrected chi connectivity index (χ2v) is 8.54. The minimum Gasteiger partial charge on any atom is -0.492 e. The second-order valence-electron chi connectivity index (χ2n) is 7.46. The van der Waals surface area contributed by atoms with E-state index in [1.54, 1.807) is 29.9 Å². The molecule has 1 aliphatic carbocycles. The SMILES string of the molecule is CCOc1ccccc1NC(=O)c1c(/N=C/c2cccnc2)sc2c1CCC(C)C2. The topological polar surface area (TPSA) is 63.6 Å². The number of ether oxygens (including phenoxy) is 1. The molecule has 1 aliphatic rings. The van der Waals surface area contributed by atoms with Crippen LogP contribution in [0.5, 0.6) is 5.75 Å².